The average molecular weight is 617 g/mol. The third kappa shape index (κ3) is 6.09. The molecule has 0 aliphatic rings. The monoisotopic (exact) mass is 615 g/mol. The molecule has 0 fully saturated rings. The number of hydrogen-bond acceptors (Lipinski definition) is 5. The molecular weight excluding hydrogens is 595 g/mol. The number of rotatable bonds is 8. The third-order valence-electron chi connectivity index (χ3n) is 6.14. The van der Waals surface area contributed by atoms with Crippen LogP contribution in [0.2, 0.25) is 5.02 Å². The molecule has 0 amide bonds. The molecule has 1 unspecified atom stereocenters. The van der Waals surface area contributed by atoms with Crippen LogP contribution in [-0.4, -0.2) is 19.7 Å². The number of alkyl halides is 3. The van der Waals surface area contributed by atoms with Gasteiger partial charge in [-0.05, 0) is 39.2 Å². The predicted molar refractivity (Wildman–Crippen MR) is 148 cm³/mol. The van der Waals surface area contributed by atoms with Gasteiger partial charge in [0, 0.05) is 35.3 Å². The summed E-state index contributed by atoms with van der Waals surface area (Å²) in [5.74, 6) is 0.720. The first kappa shape index (κ1) is 27.1. The molecule has 0 aliphatic heterocycles. The molecular formula is C28H22BrClF3N5O. The number of nitrogens with zero attached hydrogens (tertiary/aromatic N) is 3. The van der Waals surface area contributed by atoms with Gasteiger partial charge >= 0.3 is 6.18 Å². The highest BCUT2D eigenvalue weighted by atomic mass is 79.9. The Balaban J connectivity index is 1.27. The third-order valence-corrected chi connectivity index (χ3v) is 7.02. The zero-order valence-corrected chi connectivity index (χ0v) is 22.6. The van der Waals surface area contributed by atoms with Crippen molar-refractivity contribution >= 4 is 39.0 Å². The molecule has 1 atom stereocenters. The normalized spacial score (nSPS) is 12.6. The summed E-state index contributed by atoms with van der Waals surface area (Å²) in [4.78, 5) is 4.71. The van der Waals surface area contributed by atoms with Crippen molar-refractivity contribution in [3.05, 3.63) is 117 Å². The van der Waals surface area contributed by atoms with E-state index >= 15 is 0 Å². The van der Waals surface area contributed by atoms with Crippen LogP contribution in [0.3, 0.4) is 0 Å². The number of anilines is 1. The Hall–Kier alpha value is -3.44. The molecule has 0 saturated heterocycles. The lowest BCUT2D eigenvalue weighted by atomic mass is 10.1. The Bertz CT molecular complexity index is 1610. The minimum Gasteiger partial charge on any atom is -0.374 e. The highest BCUT2D eigenvalue weighted by Crippen LogP contribution is 2.34. The maximum absolute atomic E-state index is 13.3. The molecule has 11 heteroatoms. The molecule has 0 bridgehead atoms. The van der Waals surface area contributed by atoms with Crippen molar-refractivity contribution in [3.8, 4) is 11.3 Å². The van der Waals surface area contributed by atoms with E-state index in [4.69, 9.17) is 16.6 Å². The van der Waals surface area contributed by atoms with E-state index in [1.807, 2.05) is 54.6 Å². The van der Waals surface area contributed by atoms with Crippen molar-refractivity contribution in [2.24, 2.45) is 0 Å². The zero-order valence-electron chi connectivity index (χ0n) is 20.3. The van der Waals surface area contributed by atoms with Crippen LogP contribution in [0.1, 0.15) is 28.5 Å². The van der Waals surface area contributed by atoms with Crippen molar-refractivity contribution in [3.63, 3.8) is 0 Å². The topological polar surface area (TPSA) is 74.5 Å². The summed E-state index contributed by atoms with van der Waals surface area (Å²) in [6, 6.07) is 21.9. The van der Waals surface area contributed by atoms with Crippen LogP contribution in [0.5, 0.6) is 0 Å². The number of aliphatic hydroxyl groups is 1. The SMILES string of the molecule is OC(NCc1ccc(CNc2cc(-c3ccccc3Cl)nc3c(Br)cnn23)cc1)c1ccccc1C(F)(F)F. The second-order valence-electron chi connectivity index (χ2n) is 8.77. The predicted octanol–water partition coefficient (Wildman–Crippen LogP) is 7.22. The first-order valence-corrected chi connectivity index (χ1v) is 13.1. The molecule has 39 heavy (non-hydrogen) atoms. The summed E-state index contributed by atoms with van der Waals surface area (Å²) >= 11 is 9.90. The number of halogens is 5. The maximum atomic E-state index is 13.3. The van der Waals surface area contributed by atoms with E-state index in [0.29, 0.717) is 22.9 Å². The van der Waals surface area contributed by atoms with Crippen LogP contribution >= 0.6 is 27.5 Å². The van der Waals surface area contributed by atoms with Gasteiger partial charge in [-0.2, -0.15) is 22.8 Å². The van der Waals surface area contributed by atoms with Gasteiger partial charge in [-0.15, -0.1) is 0 Å². The Labute approximate surface area is 235 Å². The summed E-state index contributed by atoms with van der Waals surface area (Å²) in [5.41, 5.74) is 2.85. The molecule has 0 spiro atoms. The van der Waals surface area contributed by atoms with Crippen LogP contribution in [0, 0.1) is 0 Å². The lowest BCUT2D eigenvalue weighted by Gasteiger charge is -2.18. The second-order valence-corrected chi connectivity index (χ2v) is 10.0. The van der Waals surface area contributed by atoms with E-state index in [0.717, 1.165) is 33.0 Å². The summed E-state index contributed by atoms with van der Waals surface area (Å²) in [5, 5.41) is 21.5. The summed E-state index contributed by atoms with van der Waals surface area (Å²) < 4.78 is 42.2. The van der Waals surface area contributed by atoms with Crippen LogP contribution in [-0.2, 0) is 19.3 Å². The van der Waals surface area contributed by atoms with E-state index in [1.165, 1.54) is 18.2 Å². The van der Waals surface area contributed by atoms with Crippen molar-refractivity contribution in [1.82, 2.24) is 19.9 Å². The molecule has 0 saturated carbocycles. The summed E-state index contributed by atoms with van der Waals surface area (Å²) in [6.45, 7) is 0.669. The molecule has 3 aromatic carbocycles. The van der Waals surface area contributed by atoms with Gasteiger partial charge < -0.3 is 10.4 Å². The molecule has 6 nitrogen and oxygen atoms in total. The molecule has 5 rings (SSSR count). The smallest absolute Gasteiger partial charge is 0.374 e. The minimum absolute atomic E-state index is 0.189. The second kappa shape index (κ2) is 11.4. The summed E-state index contributed by atoms with van der Waals surface area (Å²) in [7, 11) is 0. The first-order valence-electron chi connectivity index (χ1n) is 11.9. The molecule has 200 valence electrons. The largest absolute Gasteiger partial charge is 0.416 e. The van der Waals surface area contributed by atoms with Gasteiger partial charge in [-0.3, -0.25) is 5.32 Å². The standard InChI is InChI=1S/C28H22BrClF3N5O/c29-22-16-36-38-25(13-24(37-26(22)38)20-6-2-4-8-23(20)30)34-14-17-9-11-18(12-10-17)15-35-27(39)19-5-1-3-7-21(19)28(31,32)33/h1-13,16,27,34-35,39H,14-15H2. The van der Waals surface area contributed by atoms with Gasteiger partial charge in [0.25, 0.3) is 0 Å². The van der Waals surface area contributed by atoms with Gasteiger partial charge in [-0.25, -0.2) is 4.98 Å². The highest BCUT2D eigenvalue weighted by molar-refractivity contribution is 9.10. The Morgan fingerprint density at radius 1 is 0.949 bits per heavy atom. The van der Waals surface area contributed by atoms with E-state index in [9.17, 15) is 18.3 Å². The van der Waals surface area contributed by atoms with Gasteiger partial charge in [-0.1, -0.05) is 72.3 Å². The number of hydrogen-bond donors (Lipinski definition) is 3. The number of benzene rings is 3. The van der Waals surface area contributed by atoms with E-state index in [1.54, 1.807) is 10.7 Å². The molecule has 0 radical (unpaired) electrons. The van der Waals surface area contributed by atoms with E-state index in [-0.39, 0.29) is 12.1 Å². The quantitative estimate of drug-likeness (QED) is 0.161. The van der Waals surface area contributed by atoms with E-state index in [2.05, 4.69) is 31.7 Å². The van der Waals surface area contributed by atoms with Crippen molar-refractivity contribution in [2.45, 2.75) is 25.5 Å². The van der Waals surface area contributed by atoms with Crippen molar-refractivity contribution < 1.29 is 18.3 Å². The highest BCUT2D eigenvalue weighted by Gasteiger charge is 2.34. The Kier molecular flexibility index (Phi) is 7.90. The Morgan fingerprint density at radius 2 is 1.62 bits per heavy atom. The number of aliphatic hydroxyl groups excluding tert-OH is 1. The lowest BCUT2D eigenvalue weighted by Crippen LogP contribution is -2.23. The fourth-order valence-corrected chi connectivity index (χ4v) is 4.74. The number of fused-ring (bicyclic) bond motifs is 1. The molecule has 2 aromatic heterocycles. The average Bonchev–Trinajstić information content (AvgIpc) is 3.31. The fraction of sp³-hybridized carbons (Fsp3) is 0.143. The first-order chi connectivity index (χ1) is 18.7. The molecule has 0 aliphatic carbocycles. The van der Waals surface area contributed by atoms with E-state index < -0.39 is 18.0 Å². The van der Waals surface area contributed by atoms with Crippen molar-refractivity contribution in [1.29, 1.82) is 0 Å². The Morgan fingerprint density at radius 3 is 2.33 bits per heavy atom. The molecule has 3 N–H and O–H groups in total. The maximum Gasteiger partial charge on any atom is 0.416 e. The van der Waals surface area contributed by atoms with Gasteiger partial charge in [0.1, 0.15) is 12.0 Å². The number of nitrogens with one attached hydrogen (secondary N) is 2. The van der Waals surface area contributed by atoms with Crippen molar-refractivity contribution in [2.75, 3.05) is 5.32 Å². The van der Waals surface area contributed by atoms with Crippen LogP contribution in [0.15, 0.2) is 89.5 Å². The van der Waals surface area contributed by atoms with Crippen LogP contribution < -0.4 is 10.6 Å². The van der Waals surface area contributed by atoms with Crippen LogP contribution in [0.4, 0.5) is 19.0 Å². The molecule has 5 aromatic rings. The molecule has 2 heterocycles. The number of aromatic nitrogens is 3. The lowest BCUT2D eigenvalue weighted by molar-refractivity contribution is -0.139. The van der Waals surface area contributed by atoms with Gasteiger partial charge in [0.05, 0.1) is 21.9 Å². The zero-order chi connectivity index (χ0) is 27.6. The van der Waals surface area contributed by atoms with Crippen LogP contribution in [0.25, 0.3) is 16.9 Å². The fourth-order valence-electron chi connectivity index (χ4n) is 4.15. The summed E-state index contributed by atoms with van der Waals surface area (Å²) in [6.07, 6.45) is -4.33. The van der Waals surface area contributed by atoms with Gasteiger partial charge in [0.15, 0.2) is 5.65 Å². The van der Waals surface area contributed by atoms with Gasteiger partial charge in [0.2, 0.25) is 0 Å². The minimum atomic E-state index is -4.55.